The largest absolute Gasteiger partial charge is 0.497 e. The van der Waals surface area contributed by atoms with Gasteiger partial charge in [0.1, 0.15) is 11.6 Å². The number of hydrogen-bond donors (Lipinski definition) is 1. The molecule has 1 aliphatic rings. The van der Waals surface area contributed by atoms with Gasteiger partial charge in [0, 0.05) is 18.8 Å². The van der Waals surface area contributed by atoms with Gasteiger partial charge in [-0.05, 0) is 71.6 Å². The van der Waals surface area contributed by atoms with Crippen molar-refractivity contribution in [3.05, 3.63) is 89.2 Å². The van der Waals surface area contributed by atoms with Gasteiger partial charge in [0.2, 0.25) is 20.0 Å². The fourth-order valence-electron chi connectivity index (χ4n) is 3.71. The molecule has 7 nitrogen and oxygen atoms in total. The monoisotopic (exact) mass is 490 g/mol. The van der Waals surface area contributed by atoms with Crippen LogP contribution in [-0.4, -0.2) is 34.8 Å². The summed E-state index contributed by atoms with van der Waals surface area (Å²) in [5, 5.41) is 0. The molecule has 4 rings (SSSR count). The normalized spacial score (nSPS) is 14.5. The molecule has 1 aliphatic heterocycles. The summed E-state index contributed by atoms with van der Waals surface area (Å²) in [6, 6.07) is 16.6. The van der Waals surface area contributed by atoms with Crippen LogP contribution in [0.4, 0.5) is 10.1 Å². The highest BCUT2D eigenvalue weighted by atomic mass is 32.2. The minimum Gasteiger partial charge on any atom is -0.497 e. The van der Waals surface area contributed by atoms with Crippen molar-refractivity contribution in [1.29, 1.82) is 0 Å². The molecule has 10 heteroatoms. The van der Waals surface area contributed by atoms with Crippen molar-refractivity contribution in [2.45, 2.75) is 23.6 Å². The Labute approximate surface area is 192 Å². The summed E-state index contributed by atoms with van der Waals surface area (Å²) in [4.78, 5) is 0.169. The molecule has 33 heavy (non-hydrogen) atoms. The second-order valence-electron chi connectivity index (χ2n) is 7.74. The van der Waals surface area contributed by atoms with Crippen molar-refractivity contribution < 1.29 is 26.0 Å². The average Bonchev–Trinajstić information content (AvgIpc) is 2.79. The van der Waals surface area contributed by atoms with E-state index >= 15 is 0 Å². The maximum absolute atomic E-state index is 13.1. The highest BCUT2D eigenvalue weighted by Gasteiger charge is 2.28. The highest BCUT2D eigenvalue weighted by molar-refractivity contribution is 7.91. The fourth-order valence-corrected chi connectivity index (χ4v) is 6.32. The Balaban J connectivity index is 1.51. The smallest absolute Gasteiger partial charge is 0.243 e. The molecule has 0 atom stereocenters. The van der Waals surface area contributed by atoms with Crippen LogP contribution in [0.2, 0.25) is 0 Å². The van der Waals surface area contributed by atoms with Crippen molar-refractivity contribution in [2.75, 3.05) is 18.4 Å². The molecule has 0 unspecified atom stereocenters. The van der Waals surface area contributed by atoms with E-state index in [9.17, 15) is 21.2 Å². The molecule has 0 aliphatic carbocycles. The van der Waals surface area contributed by atoms with Crippen LogP contribution >= 0.6 is 0 Å². The lowest BCUT2D eigenvalue weighted by Gasteiger charge is -2.28. The first-order valence-corrected chi connectivity index (χ1v) is 13.3. The van der Waals surface area contributed by atoms with Gasteiger partial charge in [0.05, 0.1) is 17.8 Å². The molecule has 0 amide bonds. The molecule has 0 radical (unpaired) electrons. The number of halogens is 1. The number of rotatable bonds is 7. The number of sulfonamides is 2. The first kappa shape index (κ1) is 23.2. The molecule has 0 spiro atoms. The van der Waals surface area contributed by atoms with Crippen LogP contribution in [0.5, 0.6) is 5.75 Å². The average molecular weight is 491 g/mol. The lowest BCUT2D eigenvalue weighted by Crippen LogP contribution is -2.36. The van der Waals surface area contributed by atoms with Crippen LogP contribution in [0.3, 0.4) is 0 Å². The molecule has 1 N–H and O–H groups in total. The number of methoxy groups -OCH3 is 1. The maximum atomic E-state index is 13.1. The van der Waals surface area contributed by atoms with E-state index in [2.05, 4.69) is 4.72 Å². The zero-order valence-electron chi connectivity index (χ0n) is 17.9. The molecule has 3 aromatic carbocycles. The van der Waals surface area contributed by atoms with Crippen LogP contribution in [0.1, 0.15) is 16.7 Å². The zero-order valence-corrected chi connectivity index (χ0v) is 19.5. The van der Waals surface area contributed by atoms with E-state index in [4.69, 9.17) is 4.74 Å². The van der Waals surface area contributed by atoms with E-state index in [1.54, 1.807) is 24.3 Å². The number of nitrogens with zero attached hydrogens (tertiary/aromatic N) is 1. The summed E-state index contributed by atoms with van der Waals surface area (Å²) >= 11 is 0. The molecular formula is C23H23FN2O5S2. The molecule has 0 fully saturated rings. The summed E-state index contributed by atoms with van der Waals surface area (Å²) in [5.41, 5.74) is 2.51. The van der Waals surface area contributed by atoms with Crippen molar-refractivity contribution in [2.24, 2.45) is 0 Å². The SMILES string of the molecule is COc1ccc(S(=O)(=O)N2CCc3ccc(NS(=O)(=O)Cc4ccc(F)cc4)cc3C2)cc1. The van der Waals surface area contributed by atoms with Gasteiger partial charge >= 0.3 is 0 Å². The number of ether oxygens (including phenoxy) is 1. The second-order valence-corrected chi connectivity index (χ2v) is 11.4. The van der Waals surface area contributed by atoms with Crippen molar-refractivity contribution in [3.63, 3.8) is 0 Å². The Morgan fingerprint density at radius 2 is 1.64 bits per heavy atom. The molecule has 174 valence electrons. The third kappa shape index (κ3) is 5.35. The van der Waals surface area contributed by atoms with E-state index in [0.717, 1.165) is 11.1 Å². The predicted octanol–water partition coefficient (Wildman–Crippen LogP) is 3.52. The Hall–Kier alpha value is -2.95. The van der Waals surface area contributed by atoms with Crippen LogP contribution in [0.15, 0.2) is 71.6 Å². The number of nitrogens with one attached hydrogen (secondary N) is 1. The molecule has 3 aromatic rings. The number of anilines is 1. The van der Waals surface area contributed by atoms with E-state index < -0.39 is 25.9 Å². The molecule has 0 saturated carbocycles. The van der Waals surface area contributed by atoms with Gasteiger partial charge in [0.15, 0.2) is 0 Å². The number of fused-ring (bicyclic) bond motifs is 1. The van der Waals surface area contributed by atoms with Crippen LogP contribution < -0.4 is 9.46 Å². The molecule has 0 saturated heterocycles. The quantitative estimate of drug-likeness (QED) is 0.547. The molecular weight excluding hydrogens is 467 g/mol. The van der Waals surface area contributed by atoms with Gasteiger partial charge in [0.25, 0.3) is 0 Å². The van der Waals surface area contributed by atoms with Gasteiger partial charge in [-0.25, -0.2) is 21.2 Å². The Bertz CT molecular complexity index is 1360. The molecule has 1 heterocycles. The summed E-state index contributed by atoms with van der Waals surface area (Å²) in [6.45, 7) is 0.466. The summed E-state index contributed by atoms with van der Waals surface area (Å²) in [6.07, 6.45) is 0.521. The van der Waals surface area contributed by atoms with Crippen LogP contribution in [-0.2, 0) is 38.8 Å². The minimum absolute atomic E-state index is 0.136. The number of benzene rings is 3. The van der Waals surface area contributed by atoms with Gasteiger partial charge in [-0.2, -0.15) is 4.31 Å². The van der Waals surface area contributed by atoms with E-state index in [-0.39, 0.29) is 17.2 Å². The fraction of sp³-hybridized carbons (Fsp3) is 0.217. The van der Waals surface area contributed by atoms with Crippen molar-refractivity contribution in [3.8, 4) is 5.75 Å². The lowest BCUT2D eigenvalue weighted by molar-refractivity contribution is 0.391. The van der Waals surface area contributed by atoms with Gasteiger partial charge in [-0.15, -0.1) is 0 Å². The molecule has 0 aromatic heterocycles. The standard InChI is InChI=1S/C23H23FN2O5S2/c1-31-22-8-10-23(11-9-22)33(29,30)26-13-12-18-4-7-21(14-19(18)15-26)25-32(27,28)16-17-2-5-20(24)6-3-17/h2-11,14,25H,12-13,15-16H2,1H3. The lowest BCUT2D eigenvalue weighted by atomic mass is 10.0. The van der Waals surface area contributed by atoms with Crippen LogP contribution in [0.25, 0.3) is 0 Å². The van der Waals surface area contributed by atoms with Gasteiger partial charge in [-0.3, -0.25) is 4.72 Å². The van der Waals surface area contributed by atoms with Crippen molar-refractivity contribution in [1.82, 2.24) is 4.31 Å². The van der Waals surface area contributed by atoms with E-state index in [1.807, 2.05) is 6.07 Å². The predicted molar refractivity (Wildman–Crippen MR) is 123 cm³/mol. The summed E-state index contributed by atoms with van der Waals surface area (Å²) in [5.74, 6) is -0.175. The van der Waals surface area contributed by atoms with Crippen molar-refractivity contribution >= 4 is 25.7 Å². The first-order chi connectivity index (χ1) is 15.7. The maximum Gasteiger partial charge on any atom is 0.243 e. The summed E-state index contributed by atoms with van der Waals surface area (Å²) < 4.78 is 73.4. The van der Waals surface area contributed by atoms with E-state index in [0.29, 0.717) is 30.0 Å². The first-order valence-electron chi connectivity index (χ1n) is 10.2. The summed E-state index contributed by atoms with van der Waals surface area (Å²) in [7, 11) is -5.94. The van der Waals surface area contributed by atoms with Crippen LogP contribution in [0, 0.1) is 5.82 Å². The van der Waals surface area contributed by atoms with Gasteiger partial charge < -0.3 is 4.74 Å². The Kier molecular flexibility index (Phi) is 6.42. The van der Waals surface area contributed by atoms with Gasteiger partial charge in [-0.1, -0.05) is 18.2 Å². The Morgan fingerprint density at radius 3 is 2.30 bits per heavy atom. The minimum atomic E-state index is -3.73. The second kappa shape index (κ2) is 9.12. The zero-order chi connectivity index (χ0) is 23.6. The molecule has 0 bridgehead atoms. The van der Waals surface area contributed by atoms with E-state index in [1.165, 1.54) is 47.8 Å². The third-order valence-corrected chi connectivity index (χ3v) is 8.54. The third-order valence-electron chi connectivity index (χ3n) is 5.42. The highest BCUT2D eigenvalue weighted by Crippen LogP contribution is 2.28. The number of hydrogen-bond acceptors (Lipinski definition) is 5. The topological polar surface area (TPSA) is 92.8 Å². The Morgan fingerprint density at radius 1 is 0.939 bits per heavy atom.